The molecule has 6 nitrogen and oxygen atoms in total. The van der Waals surface area contributed by atoms with Gasteiger partial charge in [0.2, 0.25) is 5.91 Å². The van der Waals surface area contributed by atoms with Crippen LogP contribution in [0.3, 0.4) is 0 Å². The highest BCUT2D eigenvalue weighted by molar-refractivity contribution is 5.81. The number of ether oxygens (including phenoxy) is 2. The van der Waals surface area contributed by atoms with Crippen molar-refractivity contribution >= 4 is 5.91 Å². The van der Waals surface area contributed by atoms with Gasteiger partial charge in [0.1, 0.15) is 6.10 Å². The number of rotatable bonds is 5. The van der Waals surface area contributed by atoms with Crippen LogP contribution in [0.15, 0.2) is 0 Å². The number of hydrogen-bond donors (Lipinski definition) is 2. The Labute approximate surface area is 120 Å². The number of carbonyl (C=O) groups is 1. The number of aliphatic hydroxyl groups is 1. The number of morpholine rings is 1. The fraction of sp³-hybridized carbons (Fsp3) is 0.929. The minimum Gasteiger partial charge on any atom is -0.390 e. The third-order valence-corrected chi connectivity index (χ3v) is 4.20. The molecule has 0 bridgehead atoms. The second kappa shape index (κ2) is 7.36. The molecule has 2 aliphatic rings. The largest absolute Gasteiger partial charge is 0.390 e. The van der Waals surface area contributed by atoms with E-state index in [1.807, 2.05) is 0 Å². The highest BCUT2D eigenvalue weighted by Crippen LogP contribution is 2.23. The topological polar surface area (TPSA) is 71.0 Å². The Kier molecular flexibility index (Phi) is 5.77. The van der Waals surface area contributed by atoms with Gasteiger partial charge in [0.25, 0.3) is 0 Å². The minimum absolute atomic E-state index is 0.0705. The minimum atomic E-state index is -0.686. The van der Waals surface area contributed by atoms with Gasteiger partial charge in [-0.2, -0.15) is 0 Å². The standard InChI is InChI=1S/C14H26N2O4/c1-2-16-7-10-20-12(11-16)13(17)15-6-3-14(18)4-8-19-9-5-14/h12,18H,2-11H2,1H3,(H,15,17). The Morgan fingerprint density at radius 1 is 1.40 bits per heavy atom. The van der Waals surface area contributed by atoms with Gasteiger partial charge in [0.05, 0.1) is 12.2 Å². The van der Waals surface area contributed by atoms with E-state index in [2.05, 4.69) is 17.1 Å². The van der Waals surface area contributed by atoms with E-state index in [0.29, 0.717) is 52.2 Å². The molecule has 2 aliphatic heterocycles. The molecule has 2 heterocycles. The molecule has 2 fully saturated rings. The lowest BCUT2D eigenvalue weighted by molar-refractivity contribution is -0.138. The van der Waals surface area contributed by atoms with Crippen molar-refractivity contribution in [3.05, 3.63) is 0 Å². The molecule has 2 saturated heterocycles. The molecule has 0 spiro atoms. The third kappa shape index (κ3) is 4.41. The summed E-state index contributed by atoms with van der Waals surface area (Å²) >= 11 is 0. The molecule has 6 heteroatoms. The maximum absolute atomic E-state index is 12.0. The van der Waals surface area contributed by atoms with E-state index in [0.717, 1.165) is 13.1 Å². The maximum atomic E-state index is 12.0. The molecule has 0 saturated carbocycles. The summed E-state index contributed by atoms with van der Waals surface area (Å²) in [6.07, 6.45) is 1.48. The number of hydrogen-bond acceptors (Lipinski definition) is 5. The monoisotopic (exact) mass is 286 g/mol. The highest BCUT2D eigenvalue weighted by Gasteiger charge is 2.30. The SMILES string of the molecule is CCN1CCOC(C(=O)NCCC2(O)CCOCC2)C1. The summed E-state index contributed by atoms with van der Waals surface area (Å²) in [4.78, 5) is 14.2. The molecular weight excluding hydrogens is 260 g/mol. The van der Waals surface area contributed by atoms with Gasteiger partial charge in [-0.3, -0.25) is 9.69 Å². The van der Waals surface area contributed by atoms with Crippen LogP contribution in [0.5, 0.6) is 0 Å². The summed E-state index contributed by atoms with van der Waals surface area (Å²) in [5.41, 5.74) is -0.686. The lowest BCUT2D eigenvalue weighted by atomic mass is 9.91. The van der Waals surface area contributed by atoms with Gasteiger partial charge in [-0.1, -0.05) is 6.92 Å². The quantitative estimate of drug-likeness (QED) is 0.729. The molecule has 1 amide bonds. The van der Waals surface area contributed by atoms with Crippen molar-refractivity contribution in [2.24, 2.45) is 0 Å². The molecule has 0 radical (unpaired) electrons. The molecule has 20 heavy (non-hydrogen) atoms. The Morgan fingerprint density at radius 3 is 2.85 bits per heavy atom. The van der Waals surface area contributed by atoms with Crippen molar-refractivity contribution in [1.82, 2.24) is 10.2 Å². The molecule has 2 N–H and O–H groups in total. The molecule has 2 rings (SSSR count). The molecule has 116 valence electrons. The molecule has 0 aliphatic carbocycles. The van der Waals surface area contributed by atoms with Crippen LogP contribution >= 0.6 is 0 Å². The van der Waals surface area contributed by atoms with Gasteiger partial charge in [0.15, 0.2) is 0 Å². The number of likely N-dealkylation sites (N-methyl/N-ethyl adjacent to an activating group) is 1. The highest BCUT2D eigenvalue weighted by atomic mass is 16.5. The van der Waals surface area contributed by atoms with Gasteiger partial charge in [-0.05, 0) is 25.8 Å². The first-order chi connectivity index (χ1) is 9.63. The summed E-state index contributed by atoms with van der Waals surface area (Å²) in [5, 5.41) is 13.2. The fourth-order valence-corrected chi connectivity index (χ4v) is 2.68. The van der Waals surface area contributed by atoms with Gasteiger partial charge in [-0.25, -0.2) is 0 Å². The van der Waals surface area contributed by atoms with Crippen LogP contribution in [0.4, 0.5) is 0 Å². The van der Waals surface area contributed by atoms with E-state index in [1.165, 1.54) is 0 Å². The van der Waals surface area contributed by atoms with Crippen molar-refractivity contribution in [1.29, 1.82) is 0 Å². The van der Waals surface area contributed by atoms with Crippen LogP contribution in [0.2, 0.25) is 0 Å². The summed E-state index contributed by atoms with van der Waals surface area (Å²) in [7, 11) is 0. The molecule has 0 aromatic carbocycles. The molecular formula is C14H26N2O4. The molecule has 1 unspecified atom stereocenters. The zero-order valence-electron chi connectivity index (χ0n) is 12.3. The fourth-order valence-electron chi connectivity index (χ4n) is 2.68. The number of nitrogens with one attached hydrogen (secondary N) is 1. The van der Waals surface area contributed by atoms with E-state index in [1.54, 1.807) is 0 Å². The van der Waals surface area contributed by atoms with Crippen molar-refractivity contribution in [2.75, 3.05) is 46.0 Å². The summed E-state index contributed by atoms with van der Waals surface area (Å²) in [5.74, 6) is -0.0705. The average Bonchev–Trinajstić information content (AvgIpc) is 2.48. The first-order valence-electron chi connectivity index (χ1n) is 7.55. The van der Waals surface area contributed by atoms with Crippen molar-refractivity contribution in [3.8, 4) is 0 Å². The predicted molar refractivity (Wildman–Crippen MR) is 74.5 cm³/mol. The van der Waals surface area contributed by atoms with Crippen molar-refractivity contribution in [2.45, 2.75) is 37.9 Å². The first-order valence-corrected chi connectivity index (χ1v) is 7.55. The van der Waals surface area contributed by atoms with Crippen LogP contribution in [0.1, 0.15) is 26.2 Å². The smallest absolute Gasteiger partial charge is 0.250 e. The second-order valence-corrected chi connectivity index (χ2v) is 5.63. The van der Waals surface area contributed by atoms with Gasteiger partial charge >= 0.3 is 0 Å². The lowest BCUT2D eigenvalue weighted by Crippen LogP contribution is -2.50. The molecule has 1 atom stereocenters. The van der Waals surface area contributed by atoms with E-state index in [9.17, 15) is 9.90 Å². The number of amides is 1. The molecule has 0 aromatic heterocycles. The molecule has 0 aromatic rings. The lowest BCUT2D eigenvalue weighted by Gasteiger charge is -2.33. The van der Waals surface area contributed by atoms with E-state index in [4.69, 9.17) is 9.47 Å². The van der Waals surface area contributed by atoms with E-state index in [-0.39, 0.29) is 12.0 Å². The summed E-state index contributed by atoms with van der Waals surface area (Å²) in [6, 6.07) is 0. The van der Waals surface area contributed by atoms with Crippen LogP contribution in [-0.4, -0.2) is 73.6 Å². The van der Waals surface area contributed by atoms with Crippen LogP contribution in [0, 0.1) is 0 Å². The van der Waals surface area contributed by atoms with Crippen molar-refractivity contribution < 1.29 is 19.4 Å². The van der Waals surface area contributed by atoms with Gasteiger partial charge in [0, 0.05) is 32.8 Å². The Morgan fingerprint density at radius 2 is 2.15 bits per heavy atom. The van der Waals surface area contributed by atoms with Gasteiger partial charge in [-0.15, -0.1) is 0 Å². The maximum Gasteiger partial charge on any atom is 0.250 e. The number of carbonyl (C=O) groups excluding carboxylic acids is 1. The first kappa shape index (κ1) is 15.7. The van der Waals surface area contributed by atoms with E-state index >= 15 is 0 Å². The second-order valence-electron chi connectivity index (χ2n) is 5.63. The summed E-state index contributed by atoms with van der Waals surface area (Å²) in [6.45, 7) is 6.85. The normalized spacial score (nSPS) is 27.2. The summed E-state index contributed by atoms with van der Waals surface area (Å²) < 4.78 is 10.7. The Bertz CT molecular complexity index is 318. The van der Waals surface area contributed by atoms with E-state index < -0.39 is 5.60 Å². The van der Waals surface area contributed by atoms with Crippen LogP contribution in [-0.2, 0) is 14.3 Å². The number of nitrogens with zero attached hydrogens (tertiary/aromatic N) is 1. The predicted octanol–water partition coefficient (Wildman–Crippen LogP) is -0.245. The van der Waals surface area contributed by atoms with Gasteiger partial charge < -0.3 is 19.9 Å². The Balaban J connectivity index is 1.69. The van der Waals surface area contributed by atoms with Crippen LogP contribution in [0.25, 0.3) is 0 Å². The zero-order chi connectivity index (χ0) is 14.4. The van der Waals surface area contributed by atoms with Crippen molar-refractivity contribution in [3.63, 3.8) is 0 Å². The third-order valence-electron chi connectivity index (χ3n) is 4.20. The zero-order valence-corrected chi connectivity index (χ0v) is 12.3. The average molecular weight is 286 g/mol. The van der Waals surface area contributed by atoms with Crippen LogP contribution < -0.4 is 5.32 Å². The Hall–Kier alpha value is -0.690.